The van der Waals surface area contributed by atoms with Gasteiger partial charge in [-0.3, -0.25) is 9.80 Å². The Morgan fingerprint density at radius 3 is 2.24 bits per heavy atom. The van der Waals surface area contributed by atoms with Crippen molar-refractivity contribution in [1.82, 2.24) is 9.80 Å². The molecule has 0 radical (unpaired) electrons. The highest BCUT2D eigenvalue weighted by Gasteiger charge is 2.39. The average molecular weight is 342 g/mol. The molecule has 0 amide bonds. The van der Waals surface area contributed by atoms with Gasteiger partial charge in [0.25, 0.3) is 0 Å². The number of benzene rings is 1. The lowest BCUT2D eigenvalue weighted by Gasteiger charge is -2.44. The molecule has 2 unspecified atom stereocenters. The Kier molecular flexibility index (Phi) is 5.37. The van der Waals surface area contributed by atoms with Crippen LogP contribution in [0.3, 0.4) is 0 Å². The van der Waals surface area contributed by atoms with Gasteiger partial charge in [-0.15, -0.1) is 0 Å². The van der Waals surface area contributed by atoms with Crippen LogP contribution >= 0.6 is 0 Å². The molecule has 0 N–H and O–H groups in total. The molecule has 4 aliphatic heterocycles. The first-order chi connectivity index (χ1) is 12.3. The molecule has 136 valence electrons. The summed E-state index contributed by atoms with van der Waals surface area (Å²) in [6.07, 6.45) is 7.34. The minimum absolute atomic E-state index is 0.0353. The molecule has 4 nitrogen and oxygen atoms in total. The molecule has 0 saturated carbocycles. The van der Waals surface area contributed by atoms with E-state index in [1.807, 2.05) is 18.2 Å². The number of piperidine rings is 3. The van der Waals surface area contributed by atoms with Gasteiger partial charge in [0.15, 0.2) is 0 Å². The molecule has 0 aliphatic carbocycles. The van der Waals surface area contributed by atoms with E-state index < -0.39 is 0 Å². The fourth-order valence-corrected chi connectivity index (χ4v) is 4.74. The number of carbonyl (C=O) groups is 1. The Balaban J connectivity index is 1.51. The highest BCUT2D eigenvalue weighted by molar-refractivity contribution is 5.78. The number of carbonyl (C=O) groups excluding carboxylic acids is 1. The number of likely N-dealkylation sites (tertiary alicyclic amines) is 1. The molecule has 4 saturated heterocycles. The van der Waals surface area contributed by atoms with Gasteiger partial charge in [0, 0.05) is 6.54 Å². The third-order valence-corrected chi connectivity index (χ3v) is 6.21. The lowest BCUT2D eigenvalue weighted by molar-refractivity contribution is -0.165. The van der Waals surface area contributed by atoms with Crippen LogP contribution in [0.15, 0.2) is 30.3 Å². The molecule has 1 aromatic rings. The van der Waals surface area contributed by atoms with Gasteiger partial charge >= 0.3 is 5.97 Å². The number of nitrogens with zero attached hydrogens (tertiary/aromatic N) is 2. The van der Waals surface area contributed by atoms with E-state index in [9.17, 15) is 4.79 Å². The number of fused-ring (bicyclic) bond motifs is 3. The topological polar surface area (TPSA) is 32.8 Å². The Morgan fingerprint density at radius 2 is 1.64 bits per heavy atom. The van der Waals surface area contributed by atoms with Crippen LogP contribution in [0.4, 0.5) is 0 Å². The quantitative estimate of drug-likeness (QED) is 0.787. The SMILES string of the molecule is O=C(OC1CN2CCC1CC2)C(c1ccccc1)N1CCCCCC1. The molecule has 2 atom stereocenters. The van der Waals surface area contributed by atoms with E-state index >= 15 is 0 Å². The molecule has 4 fully saturated rings. The lowest BCUT2D eigenvalue weighted by atomic mass is 9.86. The summed E-state index contributed by atoms with van der Waals surface area (Å²) < 4.78 is 6.11. The predicted octanol–water partition coefficient (Wildman–Crippen LogP) is 3.24. The predicted molar refractivity (Wildman–Crippen MR) is 98.3 cm³/mol. The molecule has 0 aromatic heterocycles. The number of rotatable bonds is 4. The minimum atomic E-state index is -0.241. The maximum Gasteiger partial charge on any atom is 0.328 e. The molecule has 2 bridgehead atoms. The van der Waals surface area contributed by atoms with Gasteiger partial charge in [0.2, 0.25) is 0 Å². The summed E-state index contributed by atoms with van der Waals surface area (Å²) in [5, 5.41) is 0. The second-order valence-corrected chi connectivity index (χ2v) is 7.88. The fourth-order valence-electron chi connectivity index (χ4n) is 4.74. The van der Waals surface area contributed by atoms with Gasteiger partial charge in [-0.1, -0.05) is 43.2 Å². The highest BCUT2D eigenvalue weighted by Crippen LogP contribution is 2.32. The second kappa shape index (κ2) is 7.88. The van der Waals surface area contributed by atoms with Gasteiger partial charge in [0.05, 0.1) is 0 Å². The first kappa shape index (κ1) is 17.0. The molecule has 4 heterocycles. The highest BCUT2D eigenvalue weighted by atomic mass is 16.5. The Labute approximate surface area is 151 Å². The Hall–Kier alpha value is -1.39. The zero-order valence-corrected chi connectivity index (χ0v) is 15.1. The molecular weight excluding hydrogens is 312 g/mol. The maximum absolute atomic E-state index is 13.2. The fraction of sp³-hybridized carbons (Fsp3) is 0.667. The van der Waals surface area contributed by atoms with Crippen LogP contribution in [0.1, 0.15) is 50.1 Å². The third-order valence-electron chi connectivity index (χ3n) is 6.21. The van der Waals surface area contributed by atoms with Crippen molar-refractivity contribution in [1.29, 1.82) is 0 Å². The van der Waals surface area contributed by atoms with Gasteiger partial charge in [-0.2, -0.15) is 0 Å². The van der Waals surface area contributed by atoms with Crippen molar-refractivity contribution in [3.8, 4) is 0 Å². The largest absolute Gasteiger partial charge is 0.459 e. The van der Waals surface area contributed by atoms with E-state index in [0.29, 0.717) is 5.92 Å². The van der Waals surface area contributed by atoms with Gasteiger partial charge in [-0.05, 0) is 63.3 Å². The summed E-state index contributed by atoms with van der Waals surface area (Å²) in [4.78, 5) is 18.0. The van der Waals surface area contributed by atoms with Crippen molar-refractivity contribution >= 4 is 5.97 Å². The summed E-state index contributed by atoms with van der Waals surface area (Å²) in [6.45, 7) is 5.27. The zero-order chi connectivity index (χ0) is 17.1. The Bertz CT molecular complexity index is 561. The number of hydrogen-bond acceptors (Lipinski definition) is 4. The molecule has 4 aliphatic rings. The van der Waals surface area contributed by atoms with Crippen LogP contribution in [-0.2, 0) is 9.53 Å². The van der Waals surface area contributed by atoms with E-state index in [4.69, 9.17) is 4.74 Å². The minimum Gasteiger partial charge on any atom is -0.459 e. The average Bonchev–Trinajstić information content (AvgIpc) is 2.93. The van der Waals surface area contributed by atoms with Crippen LogP contribution < -0.4 is 0 Å². The van der Waals surface area contributed by atoms with E-state index in [0.717, 1.165) is 25.2 Å². The van der Waals surface area contributed by atoms with Crippen molar-refractivity contribution in [3.63, 3.8) is 0 Å². The van der Waals surface area contributed by atoms with Crippen LogP contribution in [-0.4, -0.2) is 54.6 Å². The van der Waals surface area contributed by atoms with Gasteiger partial charge in [0.1, 0.15) is 12.1 Å². The summed E-state index contributed by atoms with van der Waals surface area (Å²) >= 11 is 0. The number of esters is 1. The maximum atomic E-state index is 13.2. The van der Waals surface area contributed by atoms with E-state index in [2.05, 4.69) is 21.9 Å². The third kappa shape index (κ3) is 3.90. The summed E-state index contributed by atoms with van der Waals surface area (Å²) in [6, 6.07) is 9.99. The van der Waals surface area contributed by atoms with Crippen molar-refractivity contribution < 1.29 is 9.53 Å². The van der Waals surface area contributed by atoms with Crippen molar-refractivity contribution in [2.24, 2.45) is 5.92 Å². The first-order valence-electron chi connectivity index (χ1n) is 10.0. The van der Waals surface area contributed by atoms with Crippen LogP contribution in [0.5, 0.6) is 0 Å². The molecule has 5 rings (SSSR count). The van der Waals surface area contributed by atoms with E-state index in [1.165, 1.54) is 51.6 Å². The standard InChI is InChI=1S/C21H30N2O2/c24-21(25-19-16-22-14-10-17(19)11-15-22)20(18-8-4-3-5-9-18)23-12-6-1-2-7-13-23/h3-5,8-9,17,19-20H,1-2,6-7,10-16H2. The summed E-state index contributed by atoms with van der Waals surface area (Å²) in [5.74, 6) is 0.529. The number of hydrogen-bond donors (Lipinski definition) is 0. The van der Waals surface area contributed by atoms with Gasteiger partial charge < -0.3 is 4.74 Å². The van der Waals surface area contributed by atoms with Crippen LogP contribution in [0.2, 0.25) is 0 Å². The zero-order valence-electron chi connectivity index (χ0n) is 15.1. The first-order valence-corrected chi connectivity index (χ1v) is 10.0. The van der Waals surface area contributed by atoms with Crippen molar-refractivity contribution in [2.45, 2.75) is 50.7 Å². The van der Waals surface area contributed by atoms with E-state index in [1.54, 1.807) is 0 Å². The normalized spacial score (nSPS) is 31.3. The van der Waals surface area contributed by atoms with Gasteiger partial charge in [-0.25, -0.2) is 4.79 Å². The number of ether oxygens (including phenoxy) is 1. The smallest absolute Gasteiger partial charge is 0.328 e. The van der Waals surface area contributed by atoms with Crippen molar-refractivity contribution in [2.75, 3.05) is 32.7 Å². The summed E-state index contributed by atoms with van der Waals surface area (Å²) in [7, 11) is 0. The molecule has 0 spiro atoms. The monoisotopic (exact) mass is 342 g/mol. The summed E-state index contributed by atoms with van der Waals surface area (Å²) in [5.41, 5.74) is 1.08. The Morgan fingerprint density at radius 1 is 0.960 bits per heavy atom. The van der Waals surface area contributed by atoms with Crippen molar-refractivity contribution in [3.05, 3.63) is 35.9 Å². The van der Waals surface area contributed by atoms with Crippen LogP contribution in [0, 0.1) is 5.92 Å². The molecular formula is C21H30N2O2. The molecule has 4 heteroatoms. The molecule has 1 aromatic carbocycles. The van der Waals surface area contributed by atoms with Crippen LogP contribution in [0.25, 0.3) is 0 Å². The second-order valence-electron chi connectivity index (χ2n) is 7.88. The molecule has 25 heavy (non-hydrogen) atoms. The lowest BCUT2D eigenvalue weighted by Crippen LogP contribution is -2.52. The van der Waals surface area contributed by atoms with E-state index in [-0.39, 0.29) is 18.1 Å².